The lowest BCUT2D eigenvalue weighted by molar-refractivity contribution is 0.0950. The van der Waals surface area contributed by atoms with Gasteiger partial charge in [0.05, 0.1) is 17.4 Å². The Morgan fingerprint density at radius 2 is 1.96 bits per heavy atom. The summed E-state index contributed by atoms with van der Waals surface area (Å²) in [5.41, 5.74) is 1.91. The summed E-state index contributed by atoms with van der Waals surface area (Å²) >= 11 is 0. The SMILES string of the molecule is CCN1CCN(c2cncc(C(=O)NCc3ccccc3F)c2)CC1. The number of carbonyl (C=O) groups excluding carboxylic acids is 1. The molecule has 0 saturated carbocycles. The molecule has 5 nitrogen and oxygen atoms in total. The maximum Gasteiger partial charge on any atom is 0.253 e. The van der Waals surface area contributed by atoms with Crippen LogP contribution in [0.1, 0.15) is 22.8 Å². The van der Waals surface area contributed by atoms with E-state index in [-0.39, 0.29) is 18.3 Å². The van der Waals surface area contributed by atoms with E-state index in [0.717, 1.165) is 38.4 Å². The highest BCUT2D eigenvalue weighted by molar-refractivity contribution is 5.94. The number of anilines is 1. The number of carbonyl (C=O) groups is 1. The van der Waals surface area contributed by atoms with Crippen LogP contribution in [0, 0.1) is 5.82 Å². The van der Waals surface area contributed by atoms with Gasteiger partial charge in [0, 0.05) is 44.5 Å². The molecule has 0 unspecified atom stereocenters. The summed E-state index contributed by atoms with van der Waals surface area (Å²) in [6, 6.07) is 8.29. The third-order valence-electron chi connectivity index (χ3n) is 4.57. The first kappa shape index (κ1) is 17.4. The largest absolute Gasteiger partial charge is 0.368 e. The highest BCUT2D eigenvalue weighted by Gasteiger charge is 2.17. The second-order valence-corrected chi connectivity index (χ2v) is 6.13. The molecule has 3 rings (SSSR count). The van der Waals surface area contributed by atoms with E-state index >= 15 is 0 Å². The first-order valence-corrected chi connectivity index (χ1v) is 8.61. The molecule has 132 valence electrons. The number of hydrogen-bond acceptors (Lipinski definition) is 4. The molecule has 1 saturated heterocycles. The van der Waals surface area contributed by atoms with Crippen molar-refractivity contribution in [1.82, 2.24) is 15.2 Å². The maximum absolute atomic E-state index is 13.6. The normalized spacial score (nSPS) is 15.2. The van der Waals surface area contributed by atoms with Crippen molar-refractivity contribution < 1.29 is 9.18 Å². The molecule has 2 heterocycles. The Hall–Kier alpha value is -2.47. The molecule has 1 aromatic heterocycles. The Morgan fingerprint density at radius 3 is 2.68 bits per heavy atom. The fraction of sp³-hybridized carbons (Fsp3) is 0.368. The summed E-state index contributed by atoms with van der Waals surface area (Å²) in [6.07, 6.45) is 3.33. The Bertz CT molecular complexity index is 729. The van der Waals surface area contributed by atoms with Crippen LogP contribution >= 0.6 is 0 Å². The number of rotatable bonds is 5. The van der Waals surface area contributed by atoms with Crippen LogP contribution in [0.15, 0.2) is 42.7 Å². The van der Waals surface area contributed by atoms with E-state index in [1.807, 2.05) is 6.07 Å². The van der Waals surface area contributed by atoms with E-state index in [1.165, 1.54) is 6.07 Å². The molecule has 6 heteroatoms. The summed E-state index contributed by atoms with van der Waals surface area (Å²) in [4.78, 5) is 21.2. The van der Waals surface area contributed by atoms with Gasteiger partial charge in [-0.1, -0.05) is 25.1 Å². The van der Waals surface area contributed by atoms with E-state index in [0.29, 0.717) is 11.1 Å². The number of likely N-dealkylation sites (N-methyl/N-ethyl adjacent to an activating group) is 1. The Kier molecular flexibility index (Phi) is 5.60. The van der Waals surface area contributed by atoms with Crippen molar-refractivity contribution in [1.29, 1.82) is 0 Å². The molecule has 0 atom stereocenters. The maximum atomic E-state index is 13.6. The summed E-state index contributed by atoms with van der Waals surface area (Å²) < 4.78 is 13.6. The van der Waals surface area contributed by atoms with Gasteiger partial charge in [0.25, 0.3) is 5.91 Å². The molecule has 0 bridgehead atoms. The van der Waals surface area contributed by atoms with Crippen molar-refractivity contribution in [3.63, 3.8) is 0 Å². The predicted octanol–water partition coefficient (Wildman–Crippen LogP) is 2.29. The quantitative estimate of drug-likeness (QED) is 0.906. The first-order chi connectivity index (χ1) is 12.2. The first-order valence-electron chi connectivity index (χ1n) is 8.61. The van der Waals surface area contributed by atoms with Crippen molar-refractivity contribution in [3.8, 4) is 0 Å². The fourth-order valence-electron chi connectivity index (χ4n) is 2.97. The number of benzene rings is 1. The Morgan fingerprint density at radius 1 is 1.20 bits per heavy atom. The van der Waals surface area contributed by atoms with Crippen LogP contribution in [0.3, 0.4) is 0 Å². The van der Waals surface area contributed by atoms with Gasteiger partial charge >= 0.3 is 0 Å². The second kappa shape index (κ2) is 8.07. The van der Waals surface area contributed by atoms with Gasteiger partial charge in [-0.2, -0.15) is 0 Å². The van der Waals surface area contributed by atoms with Crippen molar-refractivity contribution in [2.75, 3.05) is 37.6 Å². The van der Waals surface area contributed by atoms with Gasteiger partial charge in [0.15, 0.2) is 0 Å². The average Bonchev–Trinajstić information content (AvgIpc) is 2.67. The molecule has 0 spiro atoms. The topological polar surface area (TPSA) is 48.5 Å². The minimum Gasteiger partial charge on any atom is -0.368 e. The number of nitrogens with zero attached hydrogens (tertiary/aromatic N) is 3. The predicted molar refractivity (Wildman–Crippen MR) is 96.1 cm³/mol. The molecule has 1 fully saturated rings. The Labute approximate surface area is 147 Å². The number of amides is 1. The van der Waals surface area contributed by atoms with Crippen LogP contribution in [-0.2, 0) is 6.54 Å². The van der Waals surface area contributed by atoms with E-state index in [1.54, 1.807) is 30.6 Å². The minimum atomic E-state index is -0.316. The molecular weight excluding hydrogens is 319 g/mol. The zero-order valence-electron chi connectivity index (χ0n) is 14.4. The van der Waals surface area contributed by atoms with E-state index in [4.69, 9.17) is 0 Å². The van der Waals surface area contributed by atoms with Crippen molar-refractivity contribution in [2.24, 2.45) is 0 Å². The highest BCUT2D eigenvalue weighted by Crippen LogP contribution is 2.17. The summed E-state index contributed by atoms with van der Waals surface area (Å²) in [5.74, 6) is -0.562. The molecule has 1 aromatic carbocycles. The lowest BCUT2D eigenvalue weighted by Gasteiger charge is -2.35. The van der Waals surface area contributed by atoms with Crippen LogP contribution in [-0.4, -0.2) is 48.5 Å². The molecule has 1 N–H and O–H groups in total. The number of piperazine rings is 1. The number of nitrogens with one attached hydrogen (secondary N) is 1. The molecule has 2 aromatic rings. The van der Waals surface area contributed by atoms with Crippen LogP contribution in [0.25, 0.3) is 0 Å². The van der Waals surface area contributed by atoms with Gasteiger partial charge < -0.3 is 15.1 Å². The molecule has 1 aliphatic heterocycles. The van der Waals surface area contributed by atoms with E-state index in [9.17, 15) is 9.18 Å². The van der Waals surface area contributed by atoms with Crippen LogP contribution in [0.5, 0.6) is 0 Å². The lowest BCUT2D eigenvalue weighted by Crippen LogP contribution is -2.46. The smallest absolute Gasteiger partial charge is 0.253 e. The van der Waals surface area contributed by atoms with Gasteiger partial charge in [-0.05, 0) is 18.7 Å². The van der Waals surface area contributed by atoms with Gasteiger partial charge in [0.1, 0.15) is 5.82 Å². The monoisotopic (exact) mass is 342 g/mol. The van der Waals surface area contributed by atoms with Gasteiger partial charge in [-0.25, -0.2) is 4.39 Å². The standard InChI is InChI=1S/C19H23FN4O/c1-2-23-7-9-24(10-8-23)17-11-16(12-21-14-17)19(25)22-13-15-5-3-4-6-18(15)20/h3-6,11-12,14H,2,7-10,13H2,1H3,(H,22,25). The van der Waals surface area contributed by atoms with Crippen LogP contribution in [0.2, 0.25) is 0 Å². The third-order valence-corrected chi connectivity index (χ3v) is 4.57. The second-order valence-electron chi connectivity index (χ2n) is 6.13. The molecule has 25 heavy (non-hydrogen) atoms. The van der Waals surface area contributed by atoms with Crippen molar-refractivity contribution in [3.05, 3.63) is 59.7 Å². The number of hydrogen-bond donors (Lipinski definition) is 1. The van der Waals surface area contributed by atoms with Crippen molar-refractivity contribution in [2.45, 2.75) is 13.5 Å². The summed E-state index contributed by atoms with van der Waals surface area (Å²) in [5, 5.41) is 2.76. The average molecular weight is 342 g/mol. The van der Waals surface area contributed by atoms with E-state index in [2.05, 4.69) is 27.0 Å². The summed E-state index contributed by atoms with van der Waals surface area (Å²) in [7, 11) is 0. The molecule has 0 aliphatic carbocycles. The van der Waals surface area contributed by atoms with Crippen LogP contribution in [0.4, 0.5) is 10.1 Å². The summed E-state index contributed by atoms with van der Waals surface area (Å²) in [6.45, 7) is 7.26. The fourth-order valence-corrected chi connectivity index (χ4v) is 2.97. The molecule has 1 aliphatic rings. The molecule has 0 radical (unpaired) electrons. The number of aromatic nitrogens is 1. The van der Waals surface area contributed by atoms with Gasteiger partial charge in [0.2, 0.25) is 0 Å². The Balaban J connectivity index is 1.63. The number of halogens is 1. The van der Waals surface area contributed by atoms with Gasteiger partial charge in [-0.15, -0.1) is 0 Å². The highest BCUT2D eigenvalue weighted by atomic mass is 19.1. The molecular formula is C19H23FN4O. The van der Waals surface area contributed by atoms with Gasteiger partial charge in [-0.3, -0.25) is 9.78 Å². The number of pyridine rings is 1. The zero-order chi connectivity index (χ0) is 17.6. The molecule has 1 amide bonds. The van der Waals surface area contributed by atoms with Crippen LogP contribution < -0.4 is 10.2 Å². The third kappa shape index (κ3) is 4.33. The minimum absolute atomic E-state index is 0.158. The van der Waals surface area contributed by atoms with Crippen molar-refractivity contribution >= 4 is 11.6 Å². The zero-order valence-corrected chi connectivity index (χ0v) is 14.4. The lowest BCUT2D eigenvalue weighted by atomic mass is 10.2. The van der Waals surface area contributed by atoms with E-state index < -0.39 is 0 Å².